The molecule has 0 saturated carbocycles. The molecule has 0 aliphatic carbocycles. The molecule has 0 saturated heterocycles. The topological polar surface area (TPSA) is 51.8 Å². The highest BCUT2D eigenvalue weighted by atomic mass is 35.5. The molecule has 25 heavy (non-hydrogen) atoms. The molecule has 0 atom stereocenters. The summed E-state index contributed by atoms with van der Waals surface area (Å²) >= 11 is 5.75. The molecule has 0 fully saturated rings. The van der Waals surface area contributed by atoms with E-state index in [0.29, 0.717) is 11.0 Å². The molecule has 0 aliphatic rings. The highest BCUT2D eigenvalue weighted by Crippen LogP contribution is 2.20. The Morgan fingerprint density at radius 3 is 2.24 bits per heavy atom. The molecular formula is C21H26ClN3. The predicted octanol–water partition coefficient (Wildman–Crippen LogP) is 5.96. The number of halogens is 1. The number of pyridine rings is 2. The van der Waals surface area contributed by atoms with Gasteiger partial charge in [-0.3, -0.25) is 0 Å². The molecule has 0 bridgehead atoms. The number of hydrogen-bond acceptors (Lipinski definition) is 3. The minimum absolute atomic E-state index is 0.533. The standard InChI is InChI=1S/C13H12ClN.C6H8N2.C2H6/c1-2-10-4-3-5-11(8-10)12-6-7-13(14)15-9-12;1-5-3-2-4-8-6(5)7;1-2/h3-9H,2H2,1H3;2-4H,1H3,(H2,7,8);1-2H3. The lowest BCUT2D eigenvalue weighted by Crippen LogP contribution is -1.90. The van der Waals surface area contributed by atoms with Crippen LogP contribution in [-0.2, 0) is 6.42 Å². The molecule has 3 rings (SSSR count). The molecule has 3 aromatic rings. The van der Waals surface area contributed by atoms with Crippen molar-refractivity contribution in [3.8, 4) is 11.1 Å². The van der Waals surface area contributed by atoms with E-state index in [1.807, 2.05) is 45.0 Å². The third kappa shape index (κ3) is 6.94. The van der Waals surface area contributed by atoms with Crippen LogP contribution in [0.25, 0.3) is 11.1 Å². The van der Waals surface area contributed by atoms with Gasteiger partial charge in [0, 0.05) is 18.0 Å². The van der Waals surface area contributed by atoms with E-state index in [1.165, 1.54) is 11.1 Å². The van der Waals surface area contributed by atoms with Crippen LogP contribution in [0, 0.1) is 6.92 Å². The Hall–Kier alpha value is -2.39. The first-order valence-corrected chi connectivity index (χ1v) is 8.86. The first-order valence-electron chi connectivity index (χ1n) is 8.48. The minimum Gasteiger partial charge on any atom is -0.383 e. The van der Waals surface area contributed by atoms with Crippen molar-refractivity contribution in [1.82, 2.24) is 9.97 Å². The SMILES string of the molecule is CC.CCc1cccc(-c2ccc(Cl)nc2)c1.Cc1cccnc1N. The van der Waals surface area contributed by atoms with Crippen molar-refractivity contribution in [3.05, 3.63) is 77.2 Å². The minimum atomic E-state index is 0.533. The lowest BCUT2D eigenvalue weighted by Gasteiger charge is -2.03. The van der Waals surface area contributed by atoms with Gasteiger partial charge < -0.3 is 5.73 Å². The molecular weight excluding hydrogens is 330 g/mol. The smallest absolute Gasteiger partial charge is 0.129 e. The van der Waals surface area contributed by atoms with Crippen LogP contribution >= 0.6 is 11.6 Å². The second-order valence-corrected chi connectivity index (χ2v) is 5.52. The summed E-state index contributed by atoms with van der Waals surface area (Å²) in [4.78, 5) is 7.93. The maximum absolute atomic E-state index is 5.75. The summed E-state index contributed by atoms with van der Waals surface area (Å²) in [6.45, 7) is 8.08. The van der Waals surface area contributed by atoms with E-state index in [2.05, 4.69) is 41.2 Å². The monoisotopic (exact) mass is 355 g/mol. The number of benzene rings is 1. The van der Waals surface area contributed by atoms with Crippen LogP contribution in [0.3, 0.4) is 0 Å². The molecule has 2 heterocycles. The first-order chi connectivity index (χ1) is 12.1. The summed E-state index contributed by atoms with van der Waals surface area (Å²) in [6.07, 6.45) is 4.54. The molecule has 0 unspecified atom stereocenters. The Kier molecular flexibility index (Phi) is 9.26. The first kappa shape index (κ1) is 20.7. The Bertz CT molecular complexity index is 734. The molecule has 0 spiro atoms. The van der Waals surface area contributed by atoms with Crippen LogP contribution in [0.15, 0.2) is 60.9 Å². The molecule has 4 heteroatoms. The van der Waals surface area contributed by atoms with Crippen LogP contribution in [-0.4, -0.2) is 9.97 Å². The number of aryl methyl sites for hydroxylation is 2. The van der Waals surface area contributed by atoms with Crippen molar-refractivity contribution in [2.75, 3.05) is 5.73 Å². The van der Waals surface area contributed by atoms with Crippen LogP contribution in [0.1, 0.15) is 31.9 Å². The second kappa shape index (κ2) is 11.2. The quantitative estimate of drug-likeness (QED) is 0.576. The highest BCUT2D eigenvalue weighted by Gasteiger charge is 1.98. The Labute approximate surface area is 155 Å². The van der Waals surface area contributed by atoms with Crippen LogP contribution < -0.4 is 5.73 Å². The zero-order valence-electron chi connectivity index (χ0n) is 15.3. The van der Waals surface area contributed by atoms with Crippen molar-refractivity contribution in [3.63, 3.8) is 0 Å². The lowest BCUT2D eigenvalue weighted by atomic mass is 10.0. The maximum atomic E-state index is 5.75. The summed E-state index contributed by atoms with van der Waals surface area (Å²) in [5.74, 6) is 0.618. The molecule has 1 aromatic carbocycles. The van der Waals surface area contributed by atoms with Crippen LogP contribution in [0.4, 0.5) is 5.82 Å². The summed E-state index contributed by atoms with van der Waals surface area (Å²) in [7, 11) is 0. The van der Waals surface area contributed by atoms with Gasteiger partial charge in [-0.15, -0.1) is 0 Å². The van der Waals surface area contributed by atoms with E-state index in [0.717, 1.165) is 17.5 Å². The van der Waals surface area contributed by atoms with Crippen LogP contribution in [0.5, 0.6) is 0 Å². The summed E-state index contributed by atoms with van der Waals surface area (Å²) in [6, 6.07) is 16.1. The third-order valence-electron chi connectivity index (χ3n) is 3.45. The van der Waals surface area contributed by atoms with Gasteiger partial charge in [-0.2, -0.15) is 0 Å². The van der Waals surface area contributed by atoms with Crippen molar-refractivity contribution in [2.24, 2.45) is 0 Å². The number of hydrogen-bond donors (Lipinski definition) is 1. The van der Waals surface area contributed by atoms with E-state index >= 15 is 0 Å². The summed E-state index contributed by atoms with van der Waals surface area (Å²) < 4.78 is 0. The third-order valence-corrected chi connectivity index (χ3v) is 3.67. The summed E-state index contributed by atoms with van der Waals surface area (Å²) in [5, 5.41) is 0.533. The highest BCUT2D eigenvalue weighted by molar-refractivity contribution is 6.29. The van der Waals surface area contributed by atoms with E-state index in [9.17, 15) is 0 Å². The van der Waals surface area contributed by atoms with Crippen molar-refractivity contribution in [1.29, 1.82) is 0 Å². The van der Waals surface area contributed by atoms with Gasteiger partial charge in [-0.1, -0.05) is 62.7 Å². The fourth-order valence-corrected chi connectivity index (χ4v) is 2.13. The molecule has 3 nitrogen and oxygen atoms in total. The average molecular weight is 356 g/mol. The predicted molar refractivity (Wildman–Crippen MR) is 109 cm³/mol. The zero-order valence-corrected chi connectivity index (χ0v) is 16.1. The van der Waals surface area contributed by atoms with Gasteiger partial charge in [0.25, 0.3) is 0 Å². The zero-order chi connectivity index (χ0) is 18.7. The van der Waals surface area contributed by atoms with E-state index in [-0.39, 0.29) is 0 Å². The number of nitrogens with two attached hydrogens (primary N) is 1. The Morgan fingerprint density at radius 1 is 0.960 bits per heavy atom. The fourth-order valence-electron chi connectivity index (χ4n) is 2.02. The Balaban J connectivity index is 0.000000264. The number of nitrogen functional groups attached to an aromatic ring is 1. The number of aromatic nitrogens is 2. The van der Waals surface area contributed by atoms with Crippen molar-refractivity contribution in [2.45, 2.75) is 34.1 Å². The van der Waals surface area contributed by atoms with Gasteiger partial charge in [-0.25, -0.2) is 9.97 Å². The molecule has 0 amide bonds. The van der Waals surface area contributed by atoms with E-state index < -0.39 is 0 Å². The van der Waals surface area contributed by atoms with Gasteiger partial charge in [0.15, 0.2) is 0 Å². The molecule has 0 radical (unpaired) electrons. The molecule has 2 N–H and O–H groups in total. The Morgan fingerprint density at radius 2 is 1.72 bits per heavy atom. The van der Waals surface area contributed by atoms with E-state index in [1.54, 1.807) is 12.4 Å². The fraction of sp³-hybridized carbons (Fsp3) is 0.238. The van der Waals surface area contributed by atoms with Gasteiger partial charge in [0.05, 0.1) is 0 Å². The molecule has 0 aliphatic heterocycles. The van der Waals surface area contributed by atoms with Gasteiger partial charge in [-0.05, 0) is 48.2 Å². The van der Waals surface area contributed by atoms with Crippen LogP contribution in [0.2, 0.25) is 5.15 Å². The summed E-state index contributed by atoms with van der Waals surface area (Å²) in [5.41, 5.74) is 10.1. The lowest BCUT2D eigenvalue weighted by molar-refractivity contribution is 1.14. The normalized spacial score (nSPS) is 9.32. The van der Waals surface area contributed by atoms with Crippen molar-refractivity contribution >= 4 is 17.4 Å². The van der Waals surface area contributed by atoms with Gasteiger partial charge in [0.1, 0.15) is 11.0 Å². The number of nitrogens with zero attached hydrogens (tertiary/aromatic N) is 2. The average Bonchev–Trinajstić information content (AvgIpc) is 2.67. The van der Waals surface area contributed by atoms with Gasteiger partial charge in [0.2, 0.25) is 0 Å². The maximum Gasteiger partial charge on any atom is 0.129 e. The van der Waals surface area contributed by atoms with Gasteiger partial charge >= 0.3 is 0 Å². The molecule has 132 valence electrons. The van der Waals surface area contributed by atoms with Crippen molar-refractivity contribution < 1.29 is 0 Å². The van der Waals surface area contributed by atoms with E-state index in [4.69, 9.17) is 17.3 Å². The second-order valence-electron chi connectivity index (χ2n) is 5.13. The molecule has 2 aromatic heterocycles. The number of rotatable bonds is 2. The number of anilines is 1. The largest absolute Gasteiger partial charge is 0.383 e.